The van der Waals surface area contributed by atoms with Crippen LogP contribution in [0.5, 0.6) is 17.2 Å². The lowest BCUT2D eigenvalue weighted by atomic mass is 10.1. The number of carbonyl (C=O) groups is 2. The fraction of sp³-hybridized carbons (Fsp3) is 0.214. The quantitative estimate of drug-likeness (QED) is 0.367. The summed E-state index contributed by atoms with van der Waals surface area (Å²) in [4.78, 5) is 31.1. The lowest BCUT2D eigenvalue weighted by molar-refractivity contribution is -0.133. The summed E-state index contributed by atoms with van der Waals surface area (Å²) >= 11 is 0. The van der Waals surface area contributed by atoms with Crippen LogP contribution in [0.2, 0.25) is 0 Å². The molecule has 0 amide bonds. The lowest BCUT2D eigenvalue weighted by Gasteiger charge is -2.18. The van der Waals surface area contributed by atoms with E-state index < -0.39 is 11.9 Å². The summed E-state index contributed by atoms with van der Waals surface area (Å²) in [5.74, 6) is -0.546. The van der Waals surface area contributed by atoms with Gasteiger partial charge in [-0.3, -0.25) is 0 Å². The van der Waals surface area contributed by atoms with Gasteiger partial charge in [0.2, 0.25) is 0 Å². The zero-order valence-electron chi connectivity index (χ0n) is 21.0. The number of hydrogen-bond acceptors (Lipinski definition) is 8. The zero-order chi connectivity index (χ0) is 26.1. The normalized spacial score (nSPS) is 14.9. The van der Waals surface area contributed by atoms with Gasteiger partial charge < -0.3 is 19.1 Å². The topological polar surface area (TPSA) is 95.8 Å². The third-order valence-electron chi connectivity index (χ3n) is 5.75. The Morgan fingerprint density at radius 2 is 1.65 bits per heavy atom. The van der Waals surface area contributed by atoms with Gasteiger partial charge in [-0.25, -0.2) is 19.3 Å². The largest absolute Gasteiger partial charge is 0.489 e. The summed E-state index contributed by atoms with van der Waals surface area (Å²) in [6.07, 6.45) is 3.42. The first-order valence-corrected chi connectivity index (χ1v) is 11.8. The summed E-state index contributed by atoms with van der Waals surface area (Å²) < 4.78 is 18.7. The predicted octanol–water partition coefficient (Wildman–Crippen LogP) is 4.11. The van der Waals surface area contributed by atoms with Crippen molar-refractivity contribution in [3.05, 3.63) is 72.4 Å². The zero-order valence-corrected chi connectivity index (χ0v) is 21.0. The van der Waals surface area contributed by atoms with Gasteiger partial charge in [-0.2, -0.15) is 5.10 Å². The van der Waals surface area contributed by atoms with Crippen molar-refractivity contribution in [3.8, 4) is 34.2 Å². The third-order valence-corrected chi connectivity index (χ3v) is 5.75. The van der Waals surface area contributed by atoms with Crippen molar-refractivity contribution >= 4 is 23.0 Å². The lowest BCUT2D eigenvalue weighted by Crippen LogP contribution is -2.27. The number of fused-ring (bicyclic) bond motifs is 3. The number of hydrogen-bond donors (Lipinski definition) is 0. The van der Waals surface area contributed by atoms with Gasteiger partial charge in [-0.05, 0) is 64.3 Å². The van der Waals surface area contributed by atoms with Gasteiger partial charge in [0, 0.05) is 24.3 Å². The number of likely N-dealkylation sites (N-methyl/N-ethyl adjacent to an activating group) is 1. The van der Waals surface area contributed by atoms with Crippen LogP contribution in [0.25, 0.3) is 28.0 Å². The highest BCUT2D eigenvalue weighted by Crippen LogP contribution is 2.42. The second-order valence-electron chi connectivity index (χ2n) is 9.14. The van der Waals surface area contributed by atoms with Crippen LogP contribution in [0.1, 0.15) is 12.5 Å². The molecule has 0 saturated heterocycles. The van der Waals surface area contributed by atoms with Crippen molar-refractivity contribution in [1.29, 1.82) is 0 Å². The maximum absolute atomic E-state index is 12.4. The van der Waals surface area contributed by atoms with Crippen LogP contribution in [0, 0.1) is 6.92 Å². The van der Waals surface area contributed by atoms with Gasteiger partial charge in [0.1, 0.15) is 17.5 Å². The van der Waals surface area contributed by atoms with E-state index in [-0.39, 0.29) is 17.6 Å². The first-order valence-electron chi connectivity index (χ1n) is 11.8. The second kappa shape index (κ2) is 9.87. The maximum atomic E-state index is 12.4. The van der Waals surface area contributed by atoms with E-state index in [2.05, 4.69) is 9.88 Å². The van der Waals surface area contributed by atoms with E-state index in [1.807, 2.05) is 76.5 Å². The molecule has 1 atom stereocenters. The van der Waals surface area contributed by atoms with Crippen LogP contribution >= 0.6 is 0 Å². The molecule has 37 heavy (non-hydrogen) atoms. The predicted molar refractivity (Wildman–Crippen MR) is 138 cm³/mol. The maximum Gasteiger partial charge on any atom is 0.336 e. The number of aryl methyl sites for hydroxylation is 1. The molecule has 9 heteroatoms. The van der Waals surface area contributed by atoms with E-state index in [1.165, 1.54) is 6.20 Å². The standard InChI is InChI=1S/C28H26N4O5/c1-17-5-9-20(10-6-17)32-28-25(27-22(15-29-28)36-23(33)13-14-24(34)37-27)26(30-32)19-7-11-21(12-8-19)35-18(2)16-31(3)4/h5-15,18H,16H2,1-4H3/b14-13-. The van der Waals surface area contributed by atoms with Crippen molar-refractivity contribution in [2.45, 2.75) is 20.0 Å². The molecule has 0 N–H and O–H groups in total. The van der Waals surface area contributed by atoms with Gasteiger partial charge in [0.05, 0.1) is 17.3 Å². The minimum atomic E-state index is -0.696. The van der Waals surface area contributed by atoms with Crippen LogP contribution in [-0.4, -0.2) is 58.3 Å². The monoisotopic (exact) mass is 498 g/mol. The highest BCUT2D eigenvalue weighted by molar-refractivity contribution is 6.03. The van der Waals surface area contributed by atoms with E-state index in [0.29, 0.717) is 16.7 Å². The van der Waals surface area contributed by atoms with Gasteiger partial charge in [0.25, 0.3) is 0 Å². The highest BCUT2D eigenvalue weighted by atomic mass is 16.6. The molecule has 0 aliphatic carbocycles. The summed E-state index contributed by atoms with van der Waals surface area (Å²) in [5, 5.41) is 5.30. The second-order valence-corrected chi connectivity index (χ2v) is 9.14. The van der Waals surface area contributed by atoms with E-state index in [1.54, 1.807) is 4.68 Å². The molecule has 0 saturated carbocycles. The minimum Gasteiger partial charge on any atom is -0.489 e. The van der Waals surface area contributed by atoms with E-state index >= 15 is 0 Å². The Kier molecular flexibility index (Phi) is 6.45. The van der Waals surface area contributed by atoms with E-state index in [0.717, 1.165) is 41.3 Å². The number of rotatable bonds is 6. The van der Waals surface area contributed by atoms with Crippen LogP contribution in [0.15, 0.2) is 66.9 Å². The molecule has 4 aromatic rings. The third kappa shape index (κ3) is 5.07. The molecule has 1 aliphatic rings. The summed E-state index contributed by atoms with van der Waals surface area (Å²) in [5.41, 5.74) is 3.59. The first kappa shape index (κ1) is 24.2. The molecule has 188 valence electrons. The van der Waals surface area contributed by atoms with E-state index in [4.69, 9.17) is 19.3 Å². The molecule has 2 aromatic carbocycles. The first-order chi connectivity index (χ1) is 17.8. The van der Waals surface area contributed by atoms with Crippen molar-refractivity contribution in [1.82, 2.24) is 19.7 Å². The molecule has 9 nitrogen and oxygen atoms in total. The Bertz CT molecular complexity index is 1500. The number of pyridine rings is 1. The van der Waals surface area contributed by atoms with Crippen molar-refractivity contribution < 1.29 is 23.8 Å². The van der Waals surface area contributed by atoms with Gasteiger partial charge >= 0.3 is 11.9 Å². The Hall–Kier alpha value is -4.50. The molecule has 2 aromatic heterocycles. The number of ether oxygens (including phenoxy) is 3. The molecule has 0 radical (unpaired) electrons. The van der Waals surface area contributed by atoms with Crippen molar-refractivity contribution in [2.24, 2.45) is 0 Å². The number of benzene rings is 2. The average molecular weight is 499 g/mol. The van der Waals surface area contributed by atoms with Crippen LogP contribution in [-0.2, 0) is 9.59 Å². The van der Waals surface area contributed by atoms with Crippen LogP contribution in [0.3, 0.4) is 0 Å². The molecule has 0 spiro atoms. The summed E-state index contributed by atoms with van der Waals surface area (Å²) in [6.45, 7) is 4.80. The summed E-state index contributed by atoms with van der Waals surface area (Å²) in [6, 6.07) is 15.3. The SMILES string of the molecule is Cc1ccc(-n2nc(-c3ccc(OC(C)CN(C)C)cc3)c3c4c(cnc32)OC(=O)/C=C\C(=O)O4)cc1. The number of carbonyl (C=O) groups excluding carboxylic acids is 2. The number of aromatic nitrogens is 3. The van der Waals surface area contributed by atoms with Crippen LogP contribution < -0.4 is 14.2 Å². The summed E-state index contributed by atoms with van der Waals surface area (Å²) in [7, 11) is 3.99. The van der Waals surface area contributed by atoms with Crippen molar-refractivity contribution in [3.63, 3.8) is 0 Å². The number of esters is 2. The Balaban J connectivity index is 1.65. The van der Waals surface area contributed by atoms with Gasteiger partial charge in [-0.15, -0.1) is 0 Å². The van der Waals surface area contributed by atoms with E-state index in [9.17, 15) is 9.59 Å². The molecule has 3 heterocycles. The van der Waals surface area contributed by atoms with Crippen LogP contribution in [0.4, 0.5) is 0 Å². The molecular weight excluding hydrogens is 472 g/mol. The molecule has 1 unspecified atom stereocenters. The fourth-order valence-electron chi connectivity index (χ4n) is 4.17. The highest BCUT2D eigenvalue weighted by Gasteiger charge is 2.26. The molecule has 1 aliphatic heterocycles. The fourth-order valence-corrected chi connectivity index (χ4v) is 4.17. The molecule has 0 bridgehead atoms. The number of nitrogens with zero attached hydrogens (tertiary/aromatic N) is 4. The Labute approximate surface area is 213 Å². The molecule has 0 fully saturated rings. The molecule has 5 rings (SSSR count). The van der Waals surface area contributed by atoms with Crippen molar-refractivity contribution in [2.75, 3.05) is 20.6 Å². The Morgan fingerprint density at radius 1 is 0.973 bits per heavy atom. The van der Waals surface area contributed by atoms with Gasteiger partial charge in [0.15, 0.2) is 17.1 Å². The Morgan fingerprint density at radius 3 is 2.32 bits per heavy atom. The van der Waals surface area contributed by atoms with Gasteiger partial charge in [-0.1, -0.05) is 17.7 Å². The average Bonchev–Trinajstić information content (AvgIpc) is 3.23. The smallest absolute Gasteiger partial charge is 0.336 e. The molecular formula is C28H26N4O5. The minimum absolute atomic E-state index is 0.00785.